The second kappa shape index (κ2) is 6.82. The minimum Gasteiger partial charge on any atom is -0.493 e. The molecule has 3 aromatic rings. The molecular weight excluding hydrogens is 363 g/mol. The quantitative estimate of drug-likeness (QED) is 0.746. The highest BCUT2D eigenvalue weighted by molar-refractivity contribution is 6.04. The smallest absolute Gasteiger partial charge is 0.435 e. The molecule has 142 valence electrons. The van der Waals surface area contributed by atoms with Gasteiger partial charge in [0.15, 0.2) is 17.2 Å². The van der Waals surface area contributed by atoms with E-state index in [0.29, 0.717) is 17.1 Å². The summed E-state index contributed by atoms with van der Waals surface area (Å²) in [6.45, 7) is 1.71. The third-order valence-corrected chi connectivity index (χ3v) is 3.89. The number of amides is 1. The van der Waals surface area contributed by atoms with Crippen LogP contribution in [0.15, 0.2) is 36.5 Å². The summed E-state index contributed by atoms with van der Waals surface area (Å²) in [7, 11) is 2.87. The SMILES string of the molecule is COc1ccc(NC(=O)c2c(C(F)(F)F)nc3ccc(C)cn23)cc1OC. The Morgan fingerprint density at radius 1 is 1.11 bits per heavy atom. The number of hydrogen-bond acceptors (Lipinski definition) is 4. The number of halogens is 3. The molecule has 0 radical (unpaired) electrons. The number of alkyl halides is 3. The molecule has 27 heavy (non-hydrogen) atoms. The fraction of sp³-hybridized carbons (Fsp3) is 0.222. The number of ether oxygens (including phenoxy) is 2. The van der Waals surface area contributed by atoms with Crippen LogP contribution in [-0.4, -0.2) is 29.5 Å². The maximum absolute atomic E-state index is 13.4. The van der Waals surface area contributed by atoms with Crippen molar-refractivity contribution in [1.29, 1.82) is 0 Å². The first kappa shape index (κ1) is 18.6. The molecule has 0 fully saturated rings. The van der Waals surface area contributed by atoms with Gasteiger partial charge < -0.3 is 14.8 Å². The van der Waals surface area contributed by atoms with Crippen LogP contribution in [0, 0.1) is 6.92 Å². The fourth-order valence-corrected chi connectivity index (χ4v) is 2.67. The van der Waals surface area contributed by atoms with Crippen LogP contribution >= 0.6 is 0 Å². The number of imidazole rings is 1. The van der Waals surface area contributed by atoms with Gasteiger partial charge in [-0.25, -0.2) is 4.98 Å². The number of methoxy groups -OCH3 is 2. The number of aryl methyl sites for hydroxylation is 1. The number of hydrogen-bond donors (Lipinski definition) is 1. The van der Waals surface area contributed by atoms with E-state index in [-0.39, 0.29) is 11.3 Å². The van der Waals surface area contributed by atoms with E-state index in [2.05, 4.69) is 10.3 Å². The van der Waals surface area contributed by atoms with Gasteiger partial charge in [-0.3, -0.25) is 9.20 Å². The number of nitrogens with one attached hydrogen (secondary N) is 1. The largest absolute Gasteiger partial charge is 0.493 e. The van der Waals surface area contributed by atoms with Crippen molar-refractivity contribution in [2.24, 2.45) is 0 Å². The molecule has 0 aliphatic rings. The number of aromatic nitrogens is 2. The molecule has 2 aromatic heterocycles. The number of carbonyl (C=O) groups excluding carboxylic acids is 1. The molecule has 0 saturated heterocycles. The van der Waals surface area contributed by atoms with Gasteiger partial charge in [-0.1, -0.05) is 6.07 Å². The van der Waals surface area contributed by atoms with Crippen molar-refractivity contribution in [3.63, 3.8) is 0 Å². The highest BCUT2D eigenvalue weighted by atomic mass is 19.4. The van der Waals surface area contributed by atoms with E-state index in [0.717, 1.165) is 4.40 Å². The Labute approximate surface area is 152 Å². The van der Waals surface area contributed by atoms with Gasteiger partial charge in [0, 0.05) is 18.0 Å². The second-order valence-corrected chi connectivity index (χ2v) is 5.77. The van der Waals surface area contributed by atoms with E-state index in [1.807, 2.05) is 0 Å². The van der Waals surface area contributed by atoms with Gasteiger partial charge >= 0.3 is 6.18 Å². The third kappa shape index (κ3) is 3.53. The summed E-state index contributed by atoms with van der Waals surface area (Å²) in [6, 6.07) is 7.55. The summed E-state index contributed by atoms with van der Waals surface area (Å²) >= 11 is 0. The predicted molar refractivity (Wildman–Crippen MR) is 92.4 cm³/mol. The van der Waals surface area contributed by atoms with Gasteiger partial charge in [0.25, 0.3) is 5.91 Å². The normalized spacial score (nSPS) is 11.5. The van der Waals surface area contributed by atoms with Gasteiger partial charge in [-0.2, -0.15) is 13.2 Å². The molecule has 0 saturated carbocycles. The van der Waals surface area contributed by atoms with Crippen molar-refractivity contribution in [2.75, 3.05) is 19.5 Å². The van der Waals surface area contributed by atoms with E-state index < -0.39 is 23.5 Å². The Morgan fingerprint density at radius 2 is 1.81 bits per heavy atom. The van der Waals surface area contributed by atoms with E-state index >= 15 is 0 Å². The summed E-state index contributed by atoms with van der Waals surface area (Å²) in [5.74, 6) is -0.176. The zero-order valence-corrected chi connectivity index (χ0v) is 14.7. The Kier molecular flexibility index (Phi) is 4.69. The molecule has 0 unspecified atom stereocenters. The monoisotopic (exact) mass is 379 g/mol. The number of nitrogens with zero attached hydrogens (tertiary/aromatic N) is 2. The fourth-order valence-electron chi connectivity index (χ4n) is 2.67. The summed E-state index contributed by atoms with van der Waals surface area (Å²) in [4.78, 5) is 16.3. The van der Waals surface area contributed by atoms with Crippen LogP contribution in [0.3, 0.4) is 0 Å². The summed E-state index contributed by atoms with van der Waals surface area (Å²) in [6.07, 6.45) is -3.34. The number of rotatable bonds is 4. The van der Waals surface area contributed by atoms with Crippen LogP contribution in [0.1, 0.15) is 21.7 Å². The molecule has 0 bridgehead atoms. The minimum atomic E-state index is -4.77. The first-order valence-electron chi connectivity index (χ1n) is 7.84. The molecule has 0 atom stereocenters. The van der Waals surface area contributed by atoms with Crippen LogP contribution < -0.4 is 14.8 Å². The van der Waals surface area contributed by atoms with E-state index in [9.17, 15) is 18.0 Å². The van der Waals surface area contributed by atoms with Crippen molar-refractivity contribution in [3.05, 3.63) is 53.5 Å². The predicted octanol–water partition coefficient (Wildman–Crippen LogP) is 3.93. The molecule has 3 rings (SSSR count). The molecule has 1 aromatic carbocycles. The van der Waals surface area contributed by atoms with Gasteiger partial charge in [0.2, 0.25) is 0 Å². The lowest BCUT2D eigenvalue weighted by Gasteiger charge is -2.12. The van der Waals surface area contributed by atoms with Gasteiger partial charge in [0.05, 0.1) is 14.2 Å². The number of pyridine rings is 1. The van der Waals surface area contributed by atoms with E-state index in [1.54, 1.807) is 13.0 Å². The Hall–Kier alpha value is -3.23. The summed E-state index contributed by atoms with van der Waals surface area (Å²) in [5, 5.41) is 2.46. The molecule has 1 N–H and O–H groups in total. The molecule has 0 spiro atoms. The summed E-state index contributed by atoms with van der Waals surface area (Å²) < 4.78 is 51.6. The highest BCUT2D eigenvalue weighted by Gasteiger charge is 2.40. The second-order valence-electron chi connectivity index (χ2n) is 5.77. The van der Waals surface area contributed by atoms with Gasteiger partial charge in [0.1, 0.15) is 11.3 Å². The lowest BCUT2D eigenvalue weighted by Crippen LogP contribution is -2.20. The van der Waals surface area contributed by atoms with Crippen LogP contribution in [0.25, 0.3) is 5.65 Å². The minimum absolute atomic E-state index is 0.0328. The standard InChI is InChI=1S/C18H16F3N3O3/c1-10-4-7-14-23-16(18(19,20)21)15(24(14)9-10)17(25)22-11-5-6-12(26-2)13(8-11)27-3/h4-9H,1-3H3,(H,22,25). The molecule has 0 aliphatic heterocycles. The number of fused-ring (bicyclic) bond motifs is 1. The molecule has 1 amide bonds. The van der Waals surface area contributed by atoms with Crippen LogP contribution in [0.4, 0.5) is 18.9 Å². The van der Waals surface area contributed by atoms with Crippen molar-refractivity contribution in [1.82, 2.24) is 9.38 Å². The molecule has 2 heterocycles. The third-order valence-electron chi connectivity index (χ3n) is 3.89. The van der Waals surface area contributed by atoms with Gasteiger partial charge in [-0.05, 0) is 30.7 Å². The highest BCUT2D eigenvalue weighted by Crippen LogP contribution is 2.33. The number of benzene rings is 1. The molecule has 6 nitrogen and oxygen atoms in total. The topological polar surface area (TPSA) is 64.9 Å². The maximum Gasteiger partial charge on any atom is 0.435 e. The van der Waals surface area contributed by atoms with Gasteiger partial charge in [-0.15, -0.1) is 0 Å². The maximum atomic E-state index is 13.4. The van der Waals surface area contributed by atoms with Crippen LogP contribution in [-0.2, 0) is 6.18 Å². The van der Waals surface area contributed by atoms with Crippen molar-refractivity contribution in [3.8, 4) is 11.5 Å². The summed E-state index contributed by atoms with van der Waals surface area (Å²) in [5.41, 5.74) is -0.852. The van der Waals surface area contributed by atoms with Crippen molar-refractivity contribution in [2.45, 2.75) is 13.1 Å². The lowest BCUT2D eigenvalue weighted by atomic mass is 10.2. The van der Waals surface area contributed by atoms with Crippen molar-refractivity contribution >= 4 is 17.2 Å². The first-order chi connectivity index (χ1) is 12.7. The molecule has 0 aliphatic carbocycles. The molecular formula is C18H16F3N3O3. The zero-order valence-electron chi connectivity index (χ0n) is 14.7. The lowest BCUT2D eigenvalue weighted by molar-refractivity contribution is -0.141. The van der Waals surface area contributed by atoms with E-state index in [4.69, 9.17) is 9.47 Å². The zero-order chi connectivity index (χ0) is 19.8. The van der Waals surface area contributed by atoms with Crippen LogP contribution in [0.2, 0.25) is 0 Å². The molecule has 9 heteroatoms. The van der Waals surface area contributed by atoms with Crippen LogP contribution in [0.5, 0.6) is 11.5 Å². The Morgan fingerprint density at radius 3 is 2.44 bits per heavy atom. The Bertz CT molecular complexity index is 1010. The number of carbonyl (C=O) groups is 1. The Balaban J connectivity index is 2.06. The first-order valence-corrected chi connectivity index (χ1v) is 7.84. The van der Waals surface area contributed by atoms with Crippen molar-refractivity contribution < 1.29 is 27.4 Å². The average Bonchev–Trinajstić information content (AvgIpc) is 3.00. The van der Waals surface area contributed by atoms with E-state index in [1.165, 1.54) is 44.7 Å². The number of anilines is 1. The average molecular weight is 379 g/mol.